The highest BCUT2D eigenvalue weighted by molar-refractivity contribution is 6.31. The van der Waals surface area contributed by atoms with Crippen LogP contribution >= 0.6 is 11.6 Å². The molecule has 1 N–H and O–H groups in total. The topological polar surface area (TPSA) is 12.0 Å². The molecule has 1 saturated carbocycles. The fourth-order valence-corrected chi connectivity index (χ4v) is 3.90. The van der Waals surface area contributed by atoms with Crippen molar-refractivity contribution in [3.8, 4) is 0 Å². The van der Waals surface area contributed by atoms with Gasteiger partial charge in [-0.3, -0.25) is 0 Å². The normalized spacial score (nSPS) is 24.8. The van der Waals surface area contributed by atoms with Crippen molar-refractivity contribution < 1.29 is 0 Å². The highest BCUT2D eigenvalue weighted by Gasteiger charge is 2.32. The van der Waals surface area contributed by atoms with Gasteiger partial charge >= 0.3 is 0 Å². The van der Waals surface area contributed by atoms with Crippen molar-refractivity contribution in [2.24, 2.45) is 11.3 Å². The summed E-state index contributed by atoms with van der Waals surface area (Å²) >= 11 is 6.30. The fraction of sp³-hybridized carbons (Fsp3) is 0.684. The van der Waals surface area contributed by atoms with E-state index in [1.54, 1.807) is 0 Å². The van der Waals surface area contributed by atoms with Crippen LogP contribution in [0.25, 0.3) is 0 Å². The molecular formula is C19H30ClN. The molecule has 2 heteroatoms. The average molecular weight is 308 g/mol. The summed E-state index contributed by atoms with van der Waals surface area (Å²) in [5, 5.41) is 4.65. The molecule has 0 aliphatic heterocycles. The van der Waals surface area contributed by atoms with Crippen LogP contribution in [0.2, 0.25) is 5.02 Å². The lowest BCUT2D eigenvalue weighted by atomic mass is 9.69. The van der Waals surface area contributed by atoms with Crippen LogP contribution in [0, 0.1) is 11.3 Å². The first kappa shape index (κ1) is 16.8. The molecule has 118 valence electrons. The third-order valence-electron chi connectivity index (χ3n) is 5.60. The lowest BCUT2D eigenvalue weighted by molar-refractivity contribution is 0.134. The second-order valence-corrected chi connectivity index (χ2v) is 7.71. The smallest absolute Gasteiger partial charge is 0.0453 e. The zero-order chi connectivity index (χ0) is 15.5. The van der Waals surface area contributed by atoms with E-state index in [-0.39, 0.29) is 0 Å². The van der Waals surface area contributed by atoms with Crippen molar-refractivity contribution in [3.63, 3.8) is 0 Å². The summed E-state index contributed by atoms with van der Waals surface area (Å²) in [6, 6.07) is 9.15. The molecule has 0 aromatic heterocycles. The minimum Gasteiger partial charge on any atom is -0.307 e. The van der Waals surface area contributed by atoms with Crippen LogP contribution < -0.4 is 5.32 Å². The summed E-state index contributed by atoms with van der Waals surface area (Å²) in [6.45, 7) is 9.41. The summed E-state index contributed by atoms with van der Waals surface area (Å²) in [7, 11) is 0. The first-order valence-electron chi connectivity index (χ1n) is 8.44. The minimum absolute atomic E-state index is 0.333. The first-order chi connectivity index (χ1) is 9.94. The molecule has 1 atom stereocenters. The van der Waals surface area contributed by atoms with E-state index in [9.17, 15) is 0 Å². The van der Waals surface area contributed by atoms with Gasteiger partial charge in [0.1, 0.15) is 0 Å². The Labute approximate surface area is 135 Å². The van der Waals surface area contributed by atoms with Crippen LogP contribution in [-0.2, 0) is 0 Å². The third-order valence-corrected chi connectivity index (χ3v) is 5.95. The Hall–Kier alpha value is -0.530. The van der Waals surface area contributed by atoms with E-state index in [2.05, 4.69) is 45.1 Å². The quantitative estimate of drug-likeness (QED) is 0.705. The standard InChI is InChI=1S/C19H30ClN/c1-5-19(3,4)15-10-12-16(13-11-15)21-14(2)17-8-6-7-9-18(17)20/h6-9,14-16,21H,5,10-13H2,1-4H3/t14-,15?,16?/m1/s1. The van der Waals surface area contributed by atoms with Gasteiger partial charge in [-0.25, -0.2) is 0 Å². The molecule has 1 aromatic carbocycles. The molecule has 0 bridgehead atoms. The van der Waals surface area contributed by atoms with E-state index in [4.69, 9.17) is 11.6 Å². The maximum Gasteiger partial charge on any atom is 0.0453 e. The van der Waals surface area contributed by atoms with Crippen molar-refractivity contribution in [2.45, 2.75) is 71.9 Å². The molecule has 1 aliphatic carbocycles. The summed E-state index contributed by atoms with van der Waals surface area (Å²) in [4.78, 5) is 0. The van der Waals surface area contributed by atoms with Crippen molar-refractivity contribution in [2.75, 3.05) is 0 Å². The highest BCUT2D eigenvalue weighted by atomic mass is 35.5. The predicted molar refractivity (Wildman–Crippen MR) is 92.8 cm³/mol. The summed E-state index contributed by atoms with van der Waals surface area (Å²) in [5.74, 6) is 0.885. The molecule has 0 saturated heterocycles. The van der Waals surface area contributed by atoms with Gasteiger partial charge < -0.3 is 5.32 Å². The summed E-state index contributed by atoms with van der Waals surface area (Å²) in [5.41, 5.74) is 1.72. The number of rotatable bonds is 5. The highest BCUT2D eigenvalue weighted by Crippen LogP contribution is 2.40. The van der Waals surface area contributed by atoms with Gasteiger partial charge in [0.15, 0.2) is 0 Å². The van der Waals surface area contributed by atoms with Crippen molar-refractivity contribution >= 4 is 11.6 Å². The molecule has 0 unspecified atom stereocenters. The largest absolute Gasteiger partial charge is 0.307 e. The van der Waals surface area contributed by atoms with Gasteiger partial charge in [-0.05, 0) is 55.6 Å². The number of hydrogen-bond acceptors (Lipinski definition) is 1. The molecule has 1 fully saturated rings. The van der Waals surface area contributed by atoms with Gasteiger partial charge in [0, 0.05) is 17.1 Å². The van der Waals surface area contributed by atoms with Gasteiger partial charge in [-0.1, -0.05) is 57.0 Å². The summed E-state index contributed by atoms with van der Waals surface area (Å²) in [6.07, 6.45) is 6.58. The van der Waals surface area contributed by atoms with E-state index < -0.39 is 0 Å². The van der Waals surface area contributed by atoms with Gasteiger partial charge in [-0.2, -0.15) is 0 Å². The summed E-state index contributed by atoms with van der Waals surface area (Å²) < 4.78 is 0. The molecule has 1 aromatic rings. The first-order valence-corrected chi connectivity index (χ1v) is 8.82. The zero-order valence-electron chi connectivity index (χ0n) is 14.0. The maximum absolute atomic E-state index is 6.30. The predicted octanol–water partition coefficient (Wildman–Crippen LogP) is 5.99. The van der Waals surface area contributed by atoms with Gasteiger partial charge in [0.2, 0.25) is 0 Å². The minimum atomic E-state index is 0.333. The fourth-order valence-electron chi connectivity index (χ4n) is 3.60. The SMILES string of the molecule is CCC(C)(C)C1CCC(N[C@H](C)c2ccccc2Cl)CC1. The van der Waals surface area contributed by atoms with Crippen LogP contribution in [0.15, 0.2) is 24.3 Å². The van der Waals surface area contributed by atoms with Crippen LogP contribution in [0.4, 0.5) is 0 Å². The van der Waals surface area contributed by atoms with Crippen molar-refractivity contribution in [1.82, 2.24) is 5.32 Å². The Kier molecular flexibility index (Phi) is 5.73. The average Bonchev–Trinajstić information content (AvgIpc) is 2.48. The molecular weight excluding hydrogens is 278 g/mol. The molecule has 2 rings (SSSR count). The maximum atomic E-state index is 6.30. The number of hydrogen-bond donors (Lipinski definition) is 1. The number of halogens is 1. The Morgan fingerprint density at radius 2 is 1.81 bits per heavy atom. The second-order valence-electron chi connectivity index (χ2n) is 7.30. The monoisotopic (exact) mass is 307 g/mol. The van der Waals surface area contributed by atoms with Crippen molar-refractivity contribution in [1.29, 1.82) is 0 Å². The Morgan fingerprint density at radius 1 is 1.19 bits per heavy atom. The van der Waals surface area contributed by atoms with E-state index in [0.29, 0.717) is 17.5 Å². The molecule has 1 nitrogen and oxygen atoms in total. The van der Waals surface area contributed by atoms with Gasteiger partial charge in [0.25, 0.3) is 0 Å². The molecule has 1 aliphatic rings. The van der Waals surface area contributed by atoms with E-state index in [0.717, 1.165) is 10.9 Å². The lowest BCUT2D eigenvalue weighted by Crippen LogP contribution is -2.38. The lowest BCUT2D eigenvalue weighted by Gasteiger charge is -2.39. The van der Waals surface area contributed by atoms with Gasteiger partial charge in [0.05, 0.1) is 0 Å². The molecule has 21 heavy (non-hydrogen) atoms. The van der Waals surface area contributed by atoms with E-state index in [1.165, 1.54) is 37.7 Å². The Balaban J connectivity index is 1.88. The molecule has 0 spiro atoms. The third kappa shape index (κ3) is 4.23. The van der Waals surface area contributed by atoms with Crippen LogP contribution in [0.3, 0.4) is 0 Å². The van der Waals surface area contributed by atoms with E-state index in [1.807, 2.05) is 12.1 Å². The number of nitrogens with one attached hydrogen (secondary N) is 1. The van der Waals surface area contributed by atoms with Crippen molar-refractivity contribution in [3.05, 3.63) is 34.9 Å². The van der Waals surface area contributed by atoms with Crippen LogP contribution in [-0.4, -0.2) is 6.04 Å². The number of benzene rings is 1. The Bertz CT molecular complexity index is 447. The second kappa shape index (κ2) is 7.15. The van der Waals surface area contributed by atoms with E-state index >= 15 is 0 Å². The van der Waals surface area contributed by atoms with Crippen LogP contribution in [0.1, 0.15) is 71.4 Å². The molecule has 0 amide bonds. The zero-order valence-corrected chi connectivity index (χ0v) is 14.7. The molecule has 0 heterocycles. The Morgan fingerprint density at radius 3 is 2.38 bits per heavy atom. The van der Waals surface area contributed by atoms with Gasteiger partial charge in [-0.15, -0.1) is 0 Å². The molecule has 0 radical (unpaired) electrons. The van der Waals surface area contributed by atoms with Crippen LogP contribution in [0.5, 0.6) is 0 Å².